The van der Waals surface area contributed by atoms with E-state index >= 15 is 0 Å². The molecule has 112 valence electrons. The van der Waals surface area contributed by atoms with Crippen molar-refractivity contribution in [3.63, 3.8) is 0 Å². The van der Waals surface area contributed by atoms with E-state index in [-0.39, 0.29) is 17.4 Å². The Kier molecular flexibility index (Phi) is 5.81. The number of hydrogen-bond acceptors (Lipinski definition) is 3. The molecule has 1 fully saturated rings. The number of rotatable bonds is 4. The van der Waals surface area contributed by atoms with Crippen molar-refractivity contribution in [2.24, 2.45) is 23.0 Å². The summed E-state index contributed by atoms with van der Waals surface area (Å²) in [4.78, 5) is 12.0. The van der Waals surface area contributed by atoms with Crippen molar-refractivity contribution in [2.75, 3.05) is 13.2 Å². The second-order valence-corrected chi connectivity index (χ2v) is 7.07. The Hall–Kier alpha value is -0.610. The Morgan fingerprint density at radius 1 is 1.42 bits per heavy atom. The fraction of sp³-hybridized carbons (Fsp3) is 0.933. The fourth-order valence-corrected chi connectivity index (χ4v) is 2.56. The SMILES string of the molecule is CC(C)C1OCCCC1CNC(=O)[C@@H](N)C(C)(C)C. The molecule has 19 heavy (non-hydrogen) atoms. The summed E-state index contributed by atoms with van der Waals surface area (Å²) in [6.45, 7) is 11.8. The summed E-state index contributed by atoms with van der Waals surface area (Å²) < 4.78 is 5.83. The number of carbonyl (C=O) groups excluding carboxylic acids is 1. The van der Waals surface area contributed by atoms with Gasteiger partial charge in [0.25, 0.3) is 0 Å². The maximum absolute atomic E-state index is 12.0. The van der Waals surface area contributed by atoms with Crippen LogP contribution in [0.4, 0.5) is 0 Å². The van der Waals surface area contributed by atoms with Crippen LogP contribution in [0.1, 0.15) is 47.5 Å². The highest BCUT2D eigenvalue weighted by atomic mass is 16.5. The minimum absolute atomic E-state index is 0.0550. The lowest BCUT2D eigenvalue weighted by Gasteiger charge is -2.35. The van der Waals surface area contributed by atoms with Crippen LogP contribution < -0.4 is 11.1 Å². The predicted octanol–water partition coefficient (Wildman–Crippen LogP) is 1.93. The maximum Gasteiger partial charge on any atom is 0.237 e. The molecule has 3 N–H and O–H groups in total. The third kappa shape index (κ3) is 4.77. The molecule has 1 heterocycles. The Morgan fingerprint density at radius 2 is 2.05 bits per heavy atom. The fourth-order valence-electron chi connectivity index (χ4n) is 2.56. The molecule has 1 amide bonds. The van der Waals surface area contributed by atoms with Crippen molar-refractivity contribution < 1.29 is 9.53 Å². The molecule has 0 saturated carbocycles. The first kappa shape index (κ1) is 16.4. The summed E-state index contributed by atoms with van der Waals surface area (Å²) in [5.41, 5.74) is 5.76. The molecule has 0 bridgehead atoms. The van der Waals surface area contributed by atoms with E-state index in [1.165, 1.54) is 0 Å². The molecule has 0 aromatic heterocycles. The van der Waals surface area contributed by atoms with Crippen LogP contribution in [-0.2, 0) is 9.53 Å². The molecular formula is C15H30N2O2. The van der Waals surface area contributed by atoms with Gasteiger partial charge < -0.3 is 15.8 Å². The number of nitrogens with two attached hydrogens (primary N) is 1. The summed E-state index contributed by atoms with van der Waals surface area (Å²) in [7, 11) is 0. The minimum atomic E-state index is -0.463. The van der Waals surface area contributed by atoms with E-state index in [0.29, 0.717) is 18.4 Å². The second kappa shape index (κ2) is 6.71. The highest BCUT2D eigenvalue weighted by molar-refractivity contribution is 5.82. The molecule has 1 aliphatic rings. The van der Waals surface area contributed by atoms with Crippen molar-refractivity contribution in [1.82, 2.24) is 5.32 Å². The third-order valence-corrected chi connectivity index (χ3v) is 3.91. The smallest absolute Gasteiger partial charge is 0.237 e. The van der Waals surface area contributed by atoms with Gasteiger partial charge in [0.1, 0.15) is 0 Å². The average Bonchev–Trinajstić information content (AvgIpc) is 2.34. The van der Waals surface area contributed by atoms with Crippen molar-refractivity contribution >= 4 is 5.91 Å². The zero-order chi connectivity index (χ0) is 14.6. The molecule has 0 radical (unpaired) electrons. The molecule has 0 aromatic rings. The van der Waals surface area contributed by atoms with E-state index in [9.17, 15) is 4.79 Å². The molecule has 1 saturated heterocycles. The van der Waals surface area contributed by atoms with Gasteiger partial charge in [-0.1, -0.05) is 34.6 Å². The summed E-state index contributed by atoms with van der Waals surface area (Å²) in [6, 6.07) is -0.463. The van der Waals surface area contributed by atoms with Crippen molar-refractivity contribution in [3.8, 4) is 0 Å². The van der Waals surface area contributed by atoms with Gasteiger partial charge in [0.2, 0.25) is 5.91 Å². The molecule has 1 rings (SSSR count). The van der Waals surface area contributed by atoms with E-state index < -0.39 is 6.04 Å². The molecular weight excluding hydrogens is 240 g/mol. The highest BCUT2D eigenvalue weighted by Gasteiger charge is 2.31. The van der Waals surface area contributed by atoms with Gasteiger partial charge in [-0.2, -0.15) is 0 Å². The van der Waals surface area contributed by atoms with Crippen LogP contribution in [0.25, 0.3) is 0 Å². The van der Waals surface area contributed by atoms with Gasteiger partial charge in [0.15, 0.2) is 0 Å². The quantitative estimate of drug-likeness (QED) is 0.820. The van der Waals surface area contributed by atoms with Gasteiger partial charge in [0, 0.05) is 19.1 Å². The van der Waals surface area contributed by atoms with Gasteiger partial charge >= 0.3 is 0 Å². The number of hydrogen-bond donors (Lipinski definition) is 2. The van der Waals surface area contributed by atoms with Gasteiger partial charge in [0.05, 0.1) is 12.1 Å². The standard InChI is InChI=1S/C15H30N2O2/c1-10(2)12-11(7-6-8-19-12)9-17-14(18)13(16)15(3,4)5/h10-13H,6-9,16H2,1-5H3,(H,17,18)/t11?,12?,13-/m1/s1. The van der Waals surface area contributed by atoms with E-state index in [4.69, 9.17) is 10.5 Å². The molecule has 4 nitrogen and oxygen atoms in total. The molecule has 4 heteroatoms. The summed E-state index contributed by atoms with van der Waals surface area (Å²) in [5, 5.41) is 3.00. The van der Waals surface area contributed by atoms with Crippen molar-refractivity contribution in [3.05, 3.63) is 0 Å². The Labute approximate surface area is 117 Å². The van der Waals surface area contributed by atoms with E-state index in [1.54, 1.807) is 0 Å². The molecule has 3 atom stereocenters. The van der Waals surface area contributed by atoms with Crippen LogP contribution in [0, 0.1) is 17.3 Å². The number of carbonyl (C=O) groups is 1. The Balaban J connectivity index is 2.48. The van der Waals surface area contributed by atoms with Gasteiger partial charge in [-0.25, -0.2) is 0 Å². The average molecular weight is 270 g/mol. The number of nitrogens with one attached hydrogen (secondary N) is 1. The van der Waals surface area contributed by atoms with Crippen LogP contribution in [0.3, 0.4) is 0 Å². The zero-order valence-electron chi connectivity index (χ0n) is 13.0. The minimum Gasteiger partial charge on any atom is -0.378 e. The number of ether oxygens (including phenoxy) is 1. The van der Waals surface area contributed by atoms with Crippen LogP contribution in [-0.4, -0.2) is 31.2 Å². The first-order valence-electron chi connectivity index (χ1n) is 7.38. The topological polar surface area (TPSA) is 64.3 Å². The molecule has 0 aromatic carbocycles. The predicted molar refractivity (Wildman–Crippen MR) is 77.7 cm³/mol. The van der Waals surface area contributed by atoms with E-state index in [0.717, 1.165) is 19.4 Å². The van der Waals surface area contributed by atoms with Gasteiger partial charge in [-0.3, -0.25) is 4.79 Å². The molecule has 0 aliphatic carbocycles. The van der Waals surface area contributed by atoms with Crippen molar-refractivity contribution in [1.29, 1.82) is 0 Å². The van der Waals surface area contributed by atoms with Crippen LogP contribution in [0.2, 0.25) is 0 Å². The lowest BCUT2D eigenvalue weighted by molar-refractivity contribution is -0.125. The summed E-state index contributed by atoms with van der Waals surface area (Å²) >= 11 is 0. The summed E-state index contributed by atoms with van der Waals surface area (Å²) in [6.07, 6.45) is 2.45. The zero-order valence-corrected chi connectivity index (χ0v) is 13.0. The van der Waals surface area contributed by atoms with Gasteiger partial charge in [-0.15, -0.1) is 0 Å². The van der Waals surface area contributed by atoms with Crippen molar-refractivity contribution in [2.45, 2.75) is 59.6 Å². The Bertz CT molecular complexity index is 297. The van der Waals surface area contributed by atoms with Gasteiger partial charge in [-0.05, 0) is 24.2 Å². The first-order valence-corrected chi connectivity index (χ1v) is 7.38. The normalized spacial score (nSPS) is 26.3. The summed E-state index contributed by atoms with van der Waals surface area (Å²) in [5.74, 6) is 0.837. The van der Waals surface area contributed by atoms with Crippen LogP contribution in [0.5, 0.6) is 0 Å². The number of amides is 1. The maximum atomic E-state index is 12.0. The highest BCUT2D eigenvalue weighted by Crippen LogP contribution is 2.26. The Morgan fingerprint density at radius 3 is 2.58 bits per heavy atom. The monoisotopic (exact) mass is 270 g/mol. The molecule has 2 unspecified atom stereocenters. The third-order valence-electron chi connectivity index (χ3n) is 3.91. The lowest BCUT2D eigenvalue weighted by Crippen LogP contribution is -2.51. The van der Waals surface area contributed by atoms with E-state index in [2.05, 4.69) is 19.2 Å². The lowest BCUT2D eigenvalue weighted by atomic mass is 9.85. The van der Waals surface area contributed by atoms with E-state index in [1.807, 2.05) is 20.8 Å². The molecule has 1 aliphatic heterocycles. The second-order valence-electron chi connectivity index (χ2n) is 7.07. The molecule has 0 spiro atoms. The van der Waals surface area contributed by atoms with Crippen LogP contribution in [0.15, 0.2) is 0 Å². The largest absolute Gasteiger partial charge is 0.378 e. The first-order chi connectivity index (χ1) is 8.73. The van der Waals surface area contributed by atoms with Crippen LogP contribution >= 0.6 is 0 Å².